The van der Waals surface area contributed by atoms with Crippen LogP contribution in [0.5, 0.6) is 0 Å². The number of carboxylic acids is 1. The summed E-state index contributed by atoms with van der Waals surface area (Å²) < 4.78 is 3.08. The number of hydrogen-bond donors (Lipinski definition) is 1. The Morgan fingerprint density at radius 2 is 2.18 bits per heavy atom. The van der Waals surface area contributed by atoms with Gasteiger partial charge in [-0.2, -0.15) is 0 Å². The SMILES string of the molecule is Cn1nc(C(=O)O)n(C)c1=S. The number of nitrogens with zero attached hydrogens (tertiary/aromatic N) is 3. The summed E-state index contributed by atoms with van der Waals surface area (Å²) in [5.74, 6) is -1.11. The molecule has 5 nitrogen and oxygen atoms in total. The lowest BCUT2D eigenvalue weighted by atomic mass is 10.6. The Morgan fingerprint density at radius 3 is 2.36 bits per heavy atom. The maximum Gasteiger partial charge on any atom is 0.374 e. The van der Waals surface area contributed by atoms with Crippen molar-refractivity contribution in [3.63, 3.8) is 0 Å². The van der Waals surface area contributed by atoms with Gasteiger partial charge in [0.15, 0.2) is 4.77 Å². The molecule has 60 valence electrons. The maximum atomic E-state index is 10.4. The summed E-state index contributed by atoms with van der Waals surface area (Å²) in [5, 5.41) is 12.2. The lowest BCUT2D eigenvalue weighted by Gasteiger charge is -1.89. The summed E-state index contributed by atoms with van der Waals surface area (Å²) in [7, 11) is 3.17. The quantitative estimate of drug-likeness (QED) is 0.616. The Balaban J connectivity index is 3.42. The van der Waals surface area contributed by atoms with Crippen molar-refractivity contribution in [3.05, 3.63) is 10.6 Å². The van der Waals surface area contributed by atoms with Crippen molar-refractivity contribution in [3.8, 4) is 0 Å². The molecule has 11 heavy (non-hydrogen) atoms. The second kappa shape index (κ2) is 2.46. The summed E-state index contributed by atoms with van der Waals surface area (Å²) in [6.07, 6.45) is 0. The molecule has 0 saturated carbocycles. The Hall–Kier alpha value is -1.17. The zero-order valence-electron chi connectivity index (χ0n) is 6.11. The fourth-order valence-corrected chi connectivity index (χ4v) is 0.873. The average molecular weight is 173 g/mol. The minimum atomic E-state index is -1.07. The van der Waals surface area contributed by atoms with E-state index < -0.39 is 5.97 Å². The van der Waals surface area contributed by atoms with Gasteiger partial charge in [-0.1, -0.05) is 0 Å². The first kappa shape index (κ1) is 7.93. The predicted octanol–water partition coefficient (Wildman–Crippen LogP) is 0.186. The third-order valence-corrected chi connectivity index (χ3v) is 1.86. The molecule has 0 radical (unpaired) electrons. The molecule has 0 unspecified atom stereocenters. The molecule has 0 fully saturated rings. The van der Waals surface area contributed by atoms with E-state index in [1.54, 1.807) is 14.1 Å². The van der Waals surface area contributed by atoms with Gasteiger partial charge in [0.05, 0.1) is 0 Å². The number of rotatable bonds is 1. The minimum absolute atomic E-state index is 0.0440. The highest BCUT2D eigenvalue weighted by atomic mass is 32.1. The second-order valence-corrected chi connectivity index (χ2v) is 2.46. The van der Waals surface area contributed by atoms with Gasteiger partial charge >= 0.3 is 5.97 Å². The monoisotopic (exact) mass is 173 g/mol. The van der Waals surface area contributed by atoms with E-state index >= 15 is 0 Å². The third kappa shape index (κ3) is 1.16. The van der Waals surface area contributed by atoms with Gasteiger partial charge in [0, 0.05) is 14.1 Å². The van der Waals surface area contributed by atoms with Crippen LogP contribution in [0.4, 0.5) is 0 Å². The number of carboxylic acid groups (broad SMARTS) is 1. The Morgan fingerprint density at radius 1 is 1.64 bits per heavy atom. The fourth-order valence-electron chi connectivity index (χ4n) is 0.746. The van der Waals surface area contributed by atoms with Crippen LogP contribution in [0.1, 0.15) is 10.6 Å². The molecule has 0 aliphatic carbocycles. The minimum Gasteiger partial charge on any atom is -0.475 e. The average Bonchev–Trinajstić information content (AvgIpc) is 2.17. The molecule has 0 atom stereocenters. The van der Waals surface area contributed by atoms with Gasteiger partial charge in [0.2, 0.25) is 5.82 Å². The number of carbonyl (C=O) groups is 1. The topological polar surface area (TPSA) is 60.1 Å². The highest BCUT2D eigenvalue weighted by molar-refractivity contribution is 7.71. The van der Waals surface area contributed by atoms with Gasteiger partial charge in [0.1, 0.15) is 0 Å². The van der Waals surface area contributed by atoms with Gasteiger partial charge in [-0.3, -0.25) is 4.57 Å². The van der Waals surface area contributed by atoms with Crippen LogP contribution >= 0.6 is 12.2 Å². The van der Waals surface area contributed by atoms with Crippen molar-refractivity contribution < 1.29 is 9.90 Å². The van der Waals surface area contributed by atoms with Crippen molar-refractivity contribution in [1.29, 1.82) is 0 Å². The molecule has 0 aliphatic heterocycles. The zero-order valence-corrected chi connectivity index (χ0v) is 6.92. The summed E-state index contributed by atoms with van der Waals surface area (Å²) >= 11 is 4.83. The Labute approximate surface area is 67.9 Å². The lowest BCUT2D eigenvalue weighted by Crippen LogP contribution is -2.05. The molecule has 0 bridgehead atoms. The van der Waals surface area contributed by atoms with Gasteiger partial charge < -0.3 is 5.11 Å². The first-order chi connectivity index (χ1) is 5.04. The molecular weight excluding hydrogens is 166 g/mol. The summed E-state index contributed by atoms with van der Waals surface area (Å²) in [5.41, 5.74) is 0. The summed E-state index contributed by atoms with van der Waals surface area (Å²) in [6.45, 7) is 0. The maximum absolute atomic E-state index is 10.4. The Kier molecular flexibility index (Phi) is 1.77. The van der Waals surface area contributed by atoms with E-state index in [1.807, 2.05) is 0 Å². The van der Waals surface area contributed by atoms with E-state index in [4.69, 9.17) is 17.3 Å². The standard InChI is InChI=1S/C5H7N3O2S/c1-7-3(4(9)10)6-8(2)5(7)11/h1-2H3,(H,9,10). The molecule has 0 aromatic carbocycles. The van der Waals surface area contributed by atoms with E-state index in [1.165, 1.54) is 9.25 Å². The summed E-state index contributed by atoms with van der Waals surface area (Å²) in [4.78, 5) is 10.4. The van der Waals surface area contributed by atoms with Crippen LogP contribution in [0.25, 0.3) is 0 Å². The molecule has 0 saturated heterocycles. The molecule has 1 aromatic heterocycles. The van der Waals surface area contributed by atoms with Crippen molar-refractivity contribution in [2.45, 2.75) is 0 Å². The normalized spacial score (nSPS) is 10.0. The van der Waals surface area contributed by atoms with Crippen molar-refractivity contribution >= 4 is 18.2 Å². The number of aromatic nitrogens is 3. The van der Waals surface area contributed by atoms with Crippen LogP contribution < -0.4 is 0 Å². The van der Waals surface area contributed by atoms with Crippen LogP contribution in [-0.4, -0.2) is 25.4 Å². The first-order valence-corrected chi connectivity index (χ1v) is 3.28. The predicted molar refractivity (Wildman–Crippen MR) is 40.0 cm³/mol. The lowest BCUT2D eigenvalue weighted by molar-refractivity contribution is 0.0678. The molecule has 0 spiro atoms. The largest absolute Gasteiger partial charge is 0.475 e. The van der Waals surface area contributed by atoms with Gasteiger partial charge in [-0.05, 0) is 12.2 Å². The molecule has 1 rings (SSSR count). The van der Waals surface area contributed by atoms with Crippen LogP contribution in [-0.2, 0) is 14.1 Å². The van der Waals surface area contributed by atoms with Gasteiger partial charge in [0.25, 0.3) is 0 Å². The van der Waals surface area contributed by atoms with E-state index in [0.717, 1.165) is 0 Å². The molecule has 1 heterocycles. The van der Waals surface area contributed by atoms with Crippen LogP contribution in [0.15, 0.2) is 0 Å². The molecule has 1 N–H and O–H groups in total. The van der Waals surface area contributed by atoms with E-state index in [-0.39, 0.29) is 5.82 Å². The van der Waals surface area contributed by atoms with Crippen molar-refractivity contribution in [2.24, 2.45) is 14.1 Å². The first-order valence-electron chi connectivity index (χ1n) is 2.87. The molecule has 0 aliphatic rings. The van der Waals surface area contributed by atoms with E-state index in [9.17, 15) is 4.79 Å². The molecular formula is C5H7N3O2S. The molecule has 1 aromatic rings. The van der Waals surface area contributed by atoms with Crippen LogP contribution in [0.3, 0.4) is 0 Å². The molecule has 6 heteroatoms. The van der Waals surface area contributed by atoms with Crippen LogP contribution in [0, 0.1) is 4.77 Å². The zero-order chi connectivity index (χ0) is 8.59. The second-order valence-electron chi connectivity index (χ2n) is 2.09. The van der Waals surface area contributed by atoms with Crippen molar-refractivity contribution in [2.75, 3.05) is 0 Å². The highest BCUT2D eigenvalue weighted by Gasteiger charge is 2.11. The highest BCUT2D eigenvalue weighted by Crippen LogP contribution is 1.95. The number of aryl methyl sites for hydroxylation is 1. The fraction of sp³-hybridized carbons (Fsp3) is 0.400. The van der Waals surface area contributed by atoms with Gasteiger partial charge in [-0.25, -0.2) is 9.48 Å². The van der Waals surface area contributed by atoms with E-state index in [0.29, 0.717) is 4.77 Å². The number of hydrogen-bond acceptors (Lipinski definition) is 3. The smallest absolute Gasteiger partial charge is 0.374 e. The third-order valence-electron chi connectivity index (χ3n) is 1.32. The van der Waals surface area contributed by atoms with Crippen molar-refractivity contribution in [1.82, 2.24) is 14.3 Å². The van der Waals surface area contributed by atoms with Gasteiger partial charge in [-0.15, -0.1) is 5.10 Å². The number of aromatic carboxylic acids is 1. The Bertz CT molecular complexity index is 351. The molecule has 0 amide bonds. The van der Waals surface area contributed by atoms with Crippen LogP contribution in [0.2, 0.25) is 0 Å². The summed E-state index contributed by atoms with van der Waals surface area (Å²) in [6, 6.07) is 0. The van der Waals surface area contributed by atoms with E-state index in [2.05, 4.69) is 5.10 Å².